The number of rotatable bonds is 5. The zero-order valence-corrected chi connectivity index (χ0v) is 17.2. The lowest BCUT2D eigenvalue weighted by atomic mass is 9.73. The molecule has 6 heteroatoms. The first kappa shape index (κ1) is 19.9. The molecule has 0 unspecified atom stereocenters. The van der Waals surface area contributed by atoms with Gasteiger partial charge in [0.1, 0.15) is 0 Å². The molecule has 0 aromatic carbocycles. The number of carbonyl (C=O) groups excluding carboxylic acids is 2. The van der Waals surface area contributed by atoms with Crippen LogP contribution in [0.5, 0.6) is 0 Å². The highest BCUT2D eigenvalue weighted by molar-refractivity contribution is 5.91. The summed E-state index contributed by atoms with van der Waals surface area (Å²) in [7, 11) is 0. The van der Waals surface area contributed by atoms with E-state index in [0.717, 1.165) is 51.0 Å². The van der Waals surface area contributed by atoms with E-state index < -0.39 is 0 Å². The van der Waals surface area contributed by atoms with Crippen LogP contribution in [0.1, 0.15) is 82.0 Å². The minimum atomic E-state index is -0.0703. The van der Waals surface area contributed by atoms with Gasteiger partial charge in [-0.1, -0.05) is 32.9 Å². The van der Waals surface area contributed by atoms with Gasteiger partial charge in [0.25, 0.3) is 5.91 Å². The van der Waals surface area contributed by atoms with E-state index in [0.29, 0.717) is 24.6 Å². The molecule has 0 radical (unpaired) electrons. The summed E-state index contributed by atoms with van der Waals surface area (Å²) in [5.74, 6) is 1.35. The minimum absolute atomic E-state index is 0.0275. The fraction of sp³-hybridized carbons (Fsp3) is 0.762. The Morgan fingerprint density at radius 3 is 2.70 bits per heavy atom. The smallest absolute Gasteiger partial charge is 0.292 e. The van der Waals surface area contributed by atoms with E-state index in [2.05, 4.69) is 19.0 Å². The third-order valence-electron chi connectivity index (χ3n) is 6.00. The van der Waals surface area contributed by atoms with Crippen molar-refractivity contribution < 1.29 is 14.1 Å². The molecule has 2 aliphatic heterocycles. The molecule has 2 saturated heterocycles. The number of nitrogens with zero attached hydrogens (tertiary/aromatic N) is 3. The highest BCUT2D eigenvalue weighted by Gasteiger charge is 2.43. The molecule has 0 saturated carbocycles. The molecule has 1 spiro atoms. The molecule has 0 bridgehead atoms. The Kier molecular flexibility index (Phi) is 5.92. The van der Waals surface area contributed by atoms with Crippen molar-refractivity contribution >= 4 is 11.8 Å². The van der Waals surface area contributed by atoms with Crippen molar-refractivity contribution in [2.45, 2.75) is 65.7 Å². The third-order valence-corrected chi connectivity index (χ3v) is 6.00. The van der Waals surface area contributed by atoms with Gasteiger partial charge in [0, 0.05) is 44.1 Å². The summed E-state index contributed by atoms with van der Waals surface area (Å²) in [4.78, 5) is 29.2. The Morgan fingerprint density at radius 1 is 1.26 bits per heavy atom. The van der Waals surface area contributed by atoms with E-state index in [-0.39, 0.29) is 23.1 Å². The molecule has 150 valence electrons. The van der Waals surface area contributed by atoms with Crippen LogP contribution < -0.4 is 0 Å². The second kappa shape index (κ2) is 8.03. The van der Waals surface area contributed by atoms with Crippen LogP contribution in [0.15, 0.2) is 10.6 Å². The van der Waals surface area contributed by atoms with E-state index in [4.69, 9.17) is 4.52 Å². The van der Waals surface area contributed by atoms with Crippen molar-refractivity contribution in [3.8, 4) is 0 Å². The van der Waals surface area contributed by atoms with Crippen molar-refractivity contribution in [2.24, 2.45) is 11.3 Å². The van der Waals surface area contributed by atoms with Gasteiger partial charge in [-0.2, -0.15) is 0 Å². The number of carbonyl (C=O) groups is 2. The Bertz CT molecular complexity index is 682. The minimum Gasteiger partial charge on any atom is -0.351 e. The molecular formula is C21H33N3O3. The van der Waals surface area contributed by atoms with Crippen molar-refractivity contribution in [1.29, 1.82) is 0 Å². The van der Waals surface area contributed by atoms with E-state index >= 15 is 0 Å². The van der Waals surface area contributed by atoms with Gasteiger partial charge in [-0.25, -0.2) is 0 Å². The average molecular weight is 376 g/mol. The summed E-state index contributed by atoms with van der Waals surface area (Å²) < 4.78 is 5.31. The molecule has 2 aliphatic rings. The van der Waals surface area contributed by atoms with Crippen LogP contribution in [0.4, 0.5) is 0 Å². The lowest BCUT2D eigenvalue weighted by molar-refractivity contribution is -0.139. The lowest BCUT2D eigenvalue weighted by Crippen LogP contribution is -2.55. The topological polar surface area (TPSA) is 66.7 Å². The number of piperidine rings is 2. The highest BCUT2D eigenvalue weighted by Crippen LogP contribution is 2.39. The molecule has 1 aromatic rings. The number of hydrogen-bond donors (Lipinski definition) is 0. The zero-order chi connectivity index (χ0) is 19.6. The molecule has 1 aromatic heterocycles. The van der Waals surface area contributed by atoms with Crippen LogP contribution in [0, 0.1) is 11.3 Å². The standard InChI is InChI=1S/C21H33N3O3/c1-15(2)7-11-23-13-21(9-6-19(23)25)8-5-10-24(14-21)20(26)18-12-17(16(3)4)22-27-18/h12,15-16H,5-11,13-14H2,1-4H3/t21-/m1/s1. The van der Waals surface area contributed by atoms with Gasteiger partial charge >= 0.3 is 0 Å². The second-order valence-electron chi connectivity index (χ2n) is 9.10. The quantitative estimate of drug-likeness (QED) is 0.787. The van der Waals surface area contributed by atoms with Gasteiger partial charge in [-0.15, -0.1) is 0 Å². The average Bonchev–Trinajstić information content (AvgIpc) is 3.12. The predicted molar refractivity (Wildman–Crippen MR) is 103 cm³/mol. The first-order chi connectivity index (χ1) is 12.8. The largest absolute Gasteiger partial charge is 0.351 e. The molecule has 1 atom stereocenters. The maximum atomic E-state index is 12.9. The summed E-state index contributed by atoms with van der Waals surface area (Å²) in [6, 6.07) is 1.77. The van der Waals surface area contributed by atoms with Crippen LogP contribution in [0.2, 0.25) is 0 Å². The Hall–Kier alpha value is -1.85. The maximum Gasteiger partial charge on any atom is 0.292 e. The molecule has 0 aliphatic carbocycles. The van der Waals surface area contributed by atoms with Gasteiger partial charge in [-0.3, -0.25) is 9.59 Å². The van der Waals surface area contributed by atoms with Crippen LogP contribution in [0.3, 0.4) is 0 Å². The van der Waals surface area contributed by atoms with Crippen LogP contribution in [-0.2, 0) is 4.79 Å². The molecule has 0 N–H and O–H groups in total. The monoisotopic (exact) mass is 375 g/mol. The molecule has 6 nitrogen and oxygen atoms in total. The van der Waals surface area contributed by atoms with Gasteiger partial charge in [0.2, 0.25) is 11.7 Å². The molecule has 27 heavy (non-hydrogen) atoms. The van der Waals surface area contributed by atoms with Gasteiger partial charge < -0.3 is 14.3 Å². The molecule has 3 rings (SSSR count). The number of aromatic nitrogens is 1. The van der Waals surface area contributed by atoms with Crippen molar-refractivity contribution in [3.05, 3.63) is 17.5 Å². The molecule has 3 heterocycles. The first-order valence-corrected chi connectivity index (χ1v) is 10.3. The molecular weight excluding hydrogens is 342 g/mol. The molecule has 2 amide bonds. The van der Waals surface area contributed by atoms with E-state index in [9.17, 15) is 9.59 Å². The van der Waals surface area contributed by atoms with Gasteiger partial charge in [0.15, 0.2) is 0 Å². The number of hydrogen-bond acceptors (Lipinski definition) is 4. The number of amides is 2. The maximum absolute atomic E-state index is 12.9. The highest BCUT2D eigenvalue weighted by atomic mass is 16.5. The Labute approximate surface area is 162 Å². The van der Waals surface area contributed by atoms with Gasteiger partial charge in [0.05, 0.1) is 5.69 Å². The first-order valence-electron chi connectivity index (χ1n) is 10.3. The van der Waals surface area contributed by atoms with E-state index in [1.165, 1.54) is 0 Å². The third kappa shape index (κ3) is 4.53. The van der Waals surface area contributed by atoms with Gasteiger partial charge in [-0.05, 0) is 37.5 Å². The summed E-state index contributed by atoms with van der Waals surface area (Å²) in [5, 5.41) is 4.02. The van der Waals surface area contributed by atoms with Crippen LogP contribution in [-0.4, -0.2) is 52.9 Å². The Balaban J connectivity index is 1.68. The van der Waals surface area contributed by atoms with E-state index in [1.54, 1.807) is 6.07 Å². The second-order valence-corrected chi connectivity index (χ2v) is 9.10. The zero-order valence-electron chi connectivity index (χ0n) is 17.2. The van der Waals surface area contributed by atoms with Crippen molar-refractivity contribution in [2.75, 3.05) is 26.2 Å². The lowest BCUT2D eigenvalue weighted by Gasteiger charge is -2.48. The van der Waals surface area contributed by atoms with Crippen molar-refractivity contribution in [3.63, 3.8) is 0 Å². The fourth-order valence-electron chi connectivity index (χ4n) is 4.25. The van der Waals surface area contributed by atoms with Crippen LogP contribution in [0.25, 0.3) is 0 Å². The van der Waals surface area contributed by atoms with E-state index in [1.807, 2.05) is 23.6 Å². The summed E-state index contributed by atoms with van der Waals surface area (Å²) in [6.45, 7) is 11.5. The Morgan fingerprint density at radius 2 is 2.04 bits per heavy atom. The summed E-state index contributed by atoms with van der Waals surface area (Å²) >= 11 is 0. The summed E-state index contributed by atoms with van der Waals surface area (Å²) in [6.07, 6.45) is 4.56. The van der Waals surface area contributed by atoms with Crippen LogP contribution >= 0.6 is 0 Å². The SMILES string of the molecule is CC(C)CCN1C[C@@]2(CCCN(C(=O)c3cc(C(C)C)no3)C2)CCC1=O. The summed E-state index contributed by atoms with van der Waals surface area (Å²) in [5.41, 5.74) is 0.841. The molecule has 2 fully saturated rings. The fourth-order valence-corrected chi connectivity index (χ4v) is 4.25. The number of likely N-dealkylation sites (tertiary alicyclic amines) is 2. The normalized spacial score (nSPS) is 23.7. The predicted octanol–water partition coefficient (Wildman–Crippen LogP) is 3.69. The van der Waals surface area contributed by atoms with Crippen molar-refractivity contribution in [1.82, 2.24) is 15.0 Å².